The van der Waals surface area contributed by atoms with Gasteiger partial charge in [-0.15, -0.1) is 0 Å². The number of rotatable bonds is 7. The molecule has 3 rings (SSSR count). The maximum absolute atomic E-state index is 6.18. The fourth-order valence-electron chi connectivity index (χ4n) is 2.51. The van der Waals surface area contributed by atoms with Crippen molar-refractivity contribution in [3.8, 4) is 5.75 Å². The molecule has 0 amide bonds. The van der Waals surface area contributed by atoms with Gasteiger partial charge in [0.2, 0.25) is 0 Å². The molecule has 0 unspecified atom stereocenters. The molecule has 0 bridgehead atoms. The zero-order chi connectivity index (χ0) is 17.5. The van der Waals surface area contributed by atoms with E-state index < -0.39 is 0 Å². The number of halogens is 2. The molecule has 0 fully saturated rings. The summed E-state index contributed by atoms with van der Waals surface area (Å²) in [5.74, 6) is 0.873. The lowest BCUT2D eigenvalue weighted by Crippen LogP contribution is -2.03. The van der Waals surface area contributed by atoms with Gasteiger partial charge >= 0.3 is 0 Å². The number of hydrogen-bond acceptors (Lipinski definition) is 2. The van der Waals surface area contributed by atoms with E-state index >= 15 is 0 Å². The van der Waals surface area contributed by atoms with Crippen molar-refractivity contribution in [1.82, 2.24) is 0 Å². The summed E-state index contributed by atoms with van der Waals surface area (Å²) in [6.07, 6.45) is 0.893. The number of anilines is 1. The Bertz CT molecular complexity index is 821. The Kier molecular flexibility index (Phi) is 6.21. The molecule has 0 aliphatic rings. The van der Waals surface area contributed by atoms with Crippen molar-refractivity contribution >= 4 is 28.9 Å². The van der Waals surface area contributed by atoms with E-state index in [-0.39, 0.29) is 0 Å². The van der Waals surface area contributed by atoms with Crippen LogP contribution in [0.25, 0.3) is 0 Å². The van der Waals surface area contributed by atoms with Crippen molar-refractivity contribution < 1.29 is 4.74 Å². The third kappa shape index (κ3) is 5.42. The zero-order valence-electron chi connectivity index (χ0n) is 13.7. The number of benzene rings is 3. The van der Waals surface area contributed by atoms with Gasteiger partial charge in [0.15, 0.2) is 0 Å². The minimum absolute atomic E-state index is 0.614. The standard InChI is InChI=1S/C21H19Cl2NO/c22-18-9-10-21(20(23)14-18)24-15-17-7-4-8-19(13-17)25-12-11-16-5-2-1-3-6-16/h1-10,13-14,24H,11-12,15H2. The molecule has 4 heteroatoms. The summed E-state index contributed by atoms with van der Waals surface area (Å²) >= 11 is 12.1. The monoisotopic (exact) mass is 371 g/mol. The van der Waals surface area contributed by atoms with Gasteiger partial charge in [0.25, 0.3) is 0 Å². The summed E-state index contributed by atoms with van der Waals surface area (Å²) in [6, 6.07) is 23.8. The van der Waals surface area contributed by atoms with Crippen LogP contribution in [0.3, 0.4) is 0 Å². The first-order valence-corrected chi connectivity index (χ1v) is 8.91. The number of hydrogen-bond donors (Lipinski definition) is 1. The van der Waals surface area contributed by atoms with E-state index in [2.05, 4.69) is 23.5 Å². The maximum atomic E-state index is 6.18. The Morgan fingerprint density at radius 3 is 2.40 bits per heavy atom. The van der Waals surface area contributed by atoms with Gasteiger partial charge in [-0.3, -0.25) is 0 Å². The van der Waals surface area contributed by atoms with E-state index in [1.807, 2.05) is 48.5 Å². The molecule has 0 spiro atoms. The molecule has 0 heterocycles. The van der Waals surface area contributed by atoms with Crippen molar-refractivity contribution in [3.63, 3.8) is 0 Å². The van der Waals surface area contributed by atoms with Crippen LogP contribution in [-0.2, 0) is 13.0 Å². The molecule has 0 saturated carbocycles. The summed E-state index contributed by atoms with van der Waals surface area (Å²) in [6.45, 7) is 1.32. The predicted octanol–water partition coefficient (Wildman–Crippen LogP) is 6.23. The summed E-state index contributed by atoms with van der Waals surface area (Å²) in [5, 5.41) is 4.56. The van der Waals surface area contributed by atoms with E-state index in [0.29, 0.717) is 23.2 Å². The van der Waals surface area contributed by atoms with Crippen LogP contribution >= 0.6 is 23.2 Å². The fraction of sp³-hybridized carbons (Fsp3) is 0.143. The summed E-state index contributed by atoms with van der Waals surface area (Å²) < 4.78 is 5.87. The van der Waals surface area contributed by atoms with Crippen molar-refractivity contribution in [3.05, 3.63) is 94.0 Å². The Morgan fingerprint density at radius 1 is 0.800 bits per heavy atom. The van der Waals surface area contributed by atoms with Crippen LogP contribution in [0.4, 0.5) is 5.69 Å². The lowest BCUT2D eigenvalue weighted by atomic mass is 10.2. The van der Waals surface area contributed by atoms with Gasteiger partial charge in [-0.25, -0.2) is 0 Å². The highest BCUT2D eigenvalue weighted by Gasteiger charge is 2.02. The topological polar surface area (TPSA) is 21.3 Å². The maximum Gasteiger partial charge on any atom is 0.119 e. The molecule has 3 aromatic carbocycles. The van der Waals surface area contributed by atoms with Gasteiger partial charge in [0.1, 0.15) is 5.75 Å². The molecule has 3 aromatic rings. The second-order valence-electron chi connectivity index (χ2n) is 5.71. The first kappa shape index (κ1) is 17.7. The molecule has 128 valence electrons. The van der Waals surface area contributed by atoms with Crippen LogP contribution in [0.1, 0.15) is 11.1 Å². The van der Waals surface area contributed by atoms with Gasteiger partial charge in [-0.1, -0.05) is 65.7 Å². The molecule has 0 radical (unpaired) electrons. The molecule has 0 saturated heterocycles. The summed E-state index contributed by atoms with van der Waals surface area (Å²) in [5.41, 5.74) is 3.27. The molecule has 0 aliphatic carbocycles. The van der Waals surface area contributed by atoms with Gasteiger partial charge in [-0.05, 0) is 41.5 Å². The van der Waals surface area contributed by atoms with Crippen molar-refractivity contribution in [1.29, 1.82) is 0 Å². The molecule has 0 aliphatic heterocycles. The van der Waals surface area contributed by atoms with Crippen LogP contribution < -0.4 is 10.1 Å². The van der Waals surface area contributed by atoms with Crippen LogP contribution in [0.15, 0.2) is 72.8 Å². The van der Waals surface area contributed by atoms with Crippen LogP contribution in [0.5, 0.6) is 5.75 Å². The van der Waals surface area contributed by atoms with Gasteiger partial charge in [0, 0.05) is 18.0 Å². The number of nitrogens with one attached hydrogen (secondary N) is 1. The molecule has 0 atom stereocenters. The van der Waals surface area contributed by atoms with Gasteiger partial charge in [-0.2, -0.15) is 0 Å². The fourth-order valence-corrected chi connectivity index (χ4v) is 2.98. The molecular weight excluding hydrogens is 353 g/mol. The lowest BCUT2D eigenvalue weighted by molar-refractivity contribution is 0.321. The minimum Gasteiger partial charge on any atom is -0.493 e. The van der Waals surface area contributed by atoms with E-state index in [1.54, 1.807) is 6.07 Å². The first-order valence-electron chi connectivity index (χ1n) is 8.15. The van der Waals surface area contributed by atoms with E-state index in [0.717, 1.165) is 23.4 Å². The third-order valence-electron chi connectivity index (χ3n) is 3.81. The van der Waals surface area contributed by atoms with Gasteiger partial charge in [0.05, 0.1) is 17.3 Å². The zero-order valence-corrected chi connectivity index (χ0v) is 15.2. The average molecular weight is 372 g/mol. The van der Waals surface area contributed by atoms with E-state index in [9.17, 15) is 0 Å². The minimum atomic E-state index is 0.614. The molecular formula is C21H19Cl2NO. The SMILES string of the molecule is Clc1ccc(NCc2cccc(OCCc3ccccc3)c2)c(Cl)c1. The largest absolute Gasteiger partial charge is 0.493 e. The third-order valence-corrected chi connectivity index (χ3v) is 4.36. The smallest absolute Gasteiger partial charge is 0.119 e. The van der Waals surface area contributed by atoms with Crippen molar-refractivity contribution in [2.75, 3.05) is 11.9 Å². The first-order chi connectivity index (χ1) is 12.2. The van der Waals surface area contributed by atoms with Crippen LogP contribution in [0, 0.1) is 0 Å². The summed E-state index contributed by atoms with van der Waals surface area (Å²) in [4.78, 5) is 0. The highest BCUT2D eigenvalue weighted by atomic mass is 35.5. The van der Waals surface area contributed by atoms with Gasteiger partial charge < -0.3 is 10.1 Å². The highest BCUT2D eigenvalue weighted by Crippen LogP contribution is 2.26. The Morgan fingerprint density at radius 2 is 1.60 bits per heavy atom. The second kappa shape index (κ2) is 8.80. The Balaban J connectivity index is 1.54. The molecule has 25 heavy (non-hydrogen) atoms. The van der Waals surface area contributed by atoms with Crippen LogP contribution in [0.2, 0.25) is 10.0 Å². The lowest BCUT2D eigenvalue weighted by Gasteiger charge is -2.11. The normalized spacial score (nSPS) is 10.5. The van der Waals surface area contributed by atoms with E-state index in [1.165, 1.54) is 5.56 Å². The van der Waals surface area contributed by atoms with Crippen molar-refractivity contribution in [2.24, 2.45) is 0 Å². The Hall–Kier alpha value is -2.16. The second-order valence-corrected chi connectivity index (χ2v) is 6.55. The van der Waals surface area contributed by atoms with Crippen molar-refractivity contribution in [2.45, 2.75) is 13.0 Å². The Labute approximate surface area is 158 Å². The number of ether oxygens (including phenoxy) is 1. The molecule has 2 nitrogen and oxygen atoms in total. The average Bonchev–Trinajstić information content (AvgIpc) is 2.62. The molecule has 0 aromatic heterocycles. The quantitative estimate of drug-likeness (QED) is 0.531. The summed E-state index contributed by atoms with van der Waals surface area (Å²) in [7, 11) is 0. The molecule has 1 N–H and O–H groups in total. The van der Waals surface area contributed by atoms with Crippen LogP contribution in [-0.4, -0.2) is 6.61 Å². The highest BCUT2D eigenvalue weighted by molar-refractivity contribution is 6.36. The predicted molar refractivity (Wildman–Crippen MR) is 106 cm³/mol. The van der Waals surface area contributed by atoms with E-state index in [4.69, 9.17) is 27.9 Å².